The Morgan fingerprint density at radius 1 is 1.22 bits per heavy atom. The third-order valence-electron chi connectivity index (χ3n) is 4.01. The van der Waals surface area contributed by atoms with Crippen LogP contribution in [0.25, 0.3) is 5.69 Å². The van der Waals surface area contributed by atoms with E-state index in [-0.39, 0.29) is 23.5 Å². The first-order valence-electron chi connectivity index (χ1n) is 7.45. The van der Waals surface area contributed by atoms with E-state index in [1.54, 1.807) is 29.3 Å². The Labute approximate surface area is 132 Å². The number of amides is 2. The van der Waals surface area contributed by atoms with Crippen LogP contribution in [-0.2, 0) is 4.79 Å². The first kappa shape index (κ1) is 15.2. The van der Waals surface area contributed by atoms with Gasteiger partial charge in [0.05, 0.1) is 11.6 Å². The van der Waals surface area contributed by atoms with E-state index >= 15 is 0 Å². The van der Waals surface area contributed by atoms with E-state index in [1.807, 2.05) is 0 Å². The maximum absolute atomic E-state index is 13.0. The molecule has 3 rings (SSSR count). The molecule has 6 nitrogen and oxygen atoms in total. The second kappa shape index (κ2) is 6.20. The monoisotopic (exact) mass is 316 g/mol. The number of nitrogens with zero attached hydrogens (tertiary/aromatic N) is 3. The molecular formula is C16H17FN4O2. The standard InChI is InChI=1S/C16H17FN4O2/c17-12-3-5-13(6-4-12)21-9-7-14(19-21)16(23)20-8-1-2-11(10-20)15(18)22/h3-7,9,11H,1-2,8,10H2,(H2,18,22)/t11-/m1/s1. The summed E-state index contributed by atoms with van der Waals surface area (Å²) in [5.41, 5.74) is 6.29. The van der Waals surface area contributed by atoms with Crippen molar-refractivity contribution in [1.82, 2.24) is 14.7 Å². The van der Waals surface area contributed by atoms with E-state index in [0.29, 0.717) is 30.9 Å². The fourth-order valence-corrected chi connectivity index (χ4v) is 2.73. The lowest BCUT2D eigenvalue weighted by Crippen LogP contribution is -2.44. The molecule has 2 N–H and O–H groups in total. The molecule has 7 heteroatoms. The Bertz CT molecular complexity index is 726. The van der Waals surface area contributed by atoms with Crippen molar-refractivity contribution in [3.05, 3.63) is 48.0 Å². The van der Waals surface area contributed by atoms with Crippen LogP contribution in [0.1, 0.15) is 23.3 Å². The molecular weight excluding hydrogens is 299 g/mol. The number of rotatable bonds is 3. The summed E-state index contributed by atoms with van der Waals surface area (Å²) in [5.74, 6) is -1.23. The van der Waals surface area contributed by atoms with Gasteiger partial charge in [0.15, 0.2) is 5.69 Å². The van der Waals surface area contributed by atoms with Crippen molar-refractivity contribution in [2.24, 2.45) is 11.7 Å². The SMILES string of the molecule is NC(=O)[C@@H]1CCCN(C(=O)c2ccn(-c3ccc(F)cc3)n2)C1. The van der Waals surface area contributed by atoms with Crippen molar-refractivity contribution >= 4 is 11.8 Å². The summed E-state index contributed by atoms with van der Waals surface area (Å²) in [6.45, 7) is 0.920. The second-order valence-corrected chi connectivity index (χ2v) is 5.61. The number of piperidine rings is 1. The molecule has 1 aliphatic heterocycles. The number of hydrogen-bond acceptors (Lipinski definition) is 3. The zero-order chi connectivity index (χ0) is 16.4. The summed E-state index contributed by atoms with van der Waals surface area (Å²) < 4.78 is 14.5. The predicted molar refractivity (Wildman–Crippen MR) is 81.3 cm³/mol. The molecule has 2 amide bonds. The maximum atomic E-state index is 13.0. The second-order valence-electron chi connectivity index (χ2n) is 5.61. The minimum atomic E-state index is -0.376. The van der Waals surface area contributed by atoms with E-state index in [0.717, 1.165) is 6.42 Å². The highest BCUT2D eigenvalue weighted by Crippen LogP contribution is 2.18. The predicted octanol–water partition coefficient (Wildman–Crippen LogP) is 1.35. The lowest BCUT2D eigenvalue weighted by molar-refractivity contribution is -0.123. The highest BCUT2D eigenvalue weighted by atomic mass is 19.1. The summed E-state index contributed by atoms with van der Waals surface area (Å²) >= 11 is 0. The number of likely N-dealkylation sites (tertiary alicyclic amines) is 1. The molecule has 0 saturated carbocycles. The molecule has 0 aliphatic carbocycles. The van der Waals surface area contributed by atoms with Gasteiger partial charge >= 0.3 is 0 Å². The molecule has 23 heavy (non-hydrogen) atoms. The largest absolute Gasteiger partial charge is 0.369 e. The topological polar surface area (TPSA) is 81.2 Å². The van der Waals surface area contributed by atoms with Crippen LogP contribution < -0.4 is 5.73 Å². The zero-order valence-electron chi connectivity index (χ0n) is 12.5. The van der Waals surface area contributed by atoms with Gasteiger partial charge < -0.3 is 10.6 Å². The van der Waals surface area contributed by atoms with E-state index < -0.39 is 0 Å². The molecule has 2 aromatic rings. The summed E-state index contributed by atoms with van der Waals surface area (Å²) in [6, 6.07) is 7.45. The molecule has 120 valence electrons. The quantitative estimate of drug-likeness (QED) is 0.928. The number of nitrogens with two attached hydrogens (primary N) is 1. The highest BCUT2D eigenvalue weighted by Gasteiger charge is 2.28. The van der Waals surface area contributed by atoms with E-state index in [9.17, 15) is 14.0 Å². The Hall–Kier alpha value is -2.70. The molecule has 0 spiro atoms. The Balaban J connectivity index is 1.75. The van der Waals surface area contributed by atoms with Gasteiger partial charge in [0.25, 0.3) is 5.91 Å². The fraction of sp³-hybridized carbons (Fsp3) is 0.312. The summed E-state index contributed by atoms with van der Waals surface area (Å²) in [6.07, 6.45) is 3.11. The molecule has 1 aromatic carbocycles. The summed E-state index contributed by atoms with van der Waals surface area (Å²) in [7, 11) is 0. The molecule has 0 radical (unpaired) electrons. The Morgan fingerprint density at radius 3 is 2.65 bits per heavy atom. The van der Waals surface area contributed by atoms with Gasteiger partial charge in [0.2, 0.25) is 5.91 Å². The van der Waals surface area contributed by atoms with Crippen molar-refractivity contribution in [1.29, 1.82) is 0 Å². The minimum Gasteiger partial charge on any atom is -0.369 e. The number of aromatic nitrogens is 2. The first-order valence-corrected chi connectivity index (χ1v) is 7.45. The smallest absolute Gasteiger partial charge is 0.274 e. The number of primary amides is 1. The van der Waals surface area contributed by atoms with Gasteiger partial charge in [-0.2, -0.15) is 5.10 Å². The number of hydrogen-bond donors (Lipinski definition) is 1. The van der Waals surface area contributed by atoms with Crippen LogP contribution in [-0.4, -0.2) is 39.6 Å². The van der Waals surface area contributed by atoms with Crippen LogP contribution in [0, 0.1) is 11.7 Å². The third kappa shape index (κ3) is 3.23. The van der Waals surface area contributed by atoms with Gasteiger partial charge in [0.1, 0.15) is 5.82 Å². The number of carbonyl (C=O) groups excluding carboxylic acids is 2. The summed E-state index contributed by atoms with van der Waals surface area (Å²) in [4.78, 5) is 25.4. The molecule has 2 heterocycles. The van der Waals surface area contributed by atoms with Crippen LogP contribution in [0.4, 0.5) is 4.39 Å². The van der Waals surface area contributed by atoms with Gasteiger partial charge in [-0.3, -0.25) is 9.59 Å². The van der Waals surface area contributed by atoms with Crippen molar-refractivity contribution in [3.63, 3.8) is 0 Å². The number of carbonyl (C=O) groups is 2. The van der Waals surface area contributed by atoms with Crippen molar-refractivity contribution < 1.29 is 14.0 Å². The molecule has 1 saturated heterocycles. The van der Waals surface area contributed by atoms with Crippen molar-refractivity contribution in [2.75, 3.05) is 13.1 Å². The summed E-state index contributed by atoms with van der Waals surface area (Å²) in [5, 5.41) is 4.24. The van der Waals surface area contributed by atoms with E-state index in [1.165, 1.54) is 16.8 Å². The van der Waals surface area contributed by atoms with Crippen LogP contribution in [0.5, 0.6) is 0 Å². The Kier molecular flexibility index (Phi) is 4.10. The van der Waals surface area contributed by atoms with E-state index in [4.69, 9.17) is 5.73 Å². The van der Waals surface area contributed by atoms with E-state index in [2.05, 4.69) is 5.10 Å². The van der Waals surface area contributed by atoms with Crippen LogP contribution >= 0.6 is 0 Å². The maximum Gasteiger partial charge on any atom is 0.274 e. The lowest BCUT2D eigenvalue weighted by atomic mass is 9.97. The molecule has 1 atom stereocenters. The average Bonchev–Trinajstić information content (AvgIpc) is 3.05. The van der Waals surface area contributed by atoms with Gasteiger partial charge in [-0.1, -0.05) is 0 Å². The fourth-order valence-electron chi connectivity index (χ4n) is 2.73. The molecule has 1 fully saturated rings. The highest BCUT2D eigenvalue weighted by molar-refractivity contribution is 5.92. The first-order chi connectivity index (χ1) is 11.0. The van der Waals surface area contributed by atoms with Crippen LogP contribution in [0.15, 0.2) is 36.5 Å². The van der Waals surface area contributed by atoms with Gasteiger partial charge in [-0.15, -0.1) is 0 Å². The zero-order valence-corrected chi connectivity index (χ0v) is 12.5. The molecule has 1 aromatic heterocycles. The number of halogens is 1. The van der Waals surface area contributed by atoms with Gasteiger partial charge in [-0.05, 0) is 43.2 Å². The van der Waals surface area contributed by atoms with Crippen LogP contribution in [0.2, 0.25) is 0 Å². The van der Waals surface area contributed by atoms with Gasteiger partial charge in [0, 0.05) is 19.3 Å². The average molecular weight is 316 g/mol. The van der Waals surface area contributed by atoms with Crippen molar-refractivity contribution in [3.8, 4) is 5.69 Å². The molecule has 0 unspecified atom stereocenters. The minimum absolute atomic E-state index is 0.225. The normalized spacial score (nSPS) is 18.0. The molecule has 0 bridgehead atoms. The Morgan fingerprint density at radius 2 is 1.96 bits per heavy atom. The van der Waals surface area contributed by atoms with Crippen LogP contribution in [0.3, 0.4) is 0 Å². The number of benzene rings is 1. The van der Waals surface area contributed by atoms with Crippen molar-refractivity contribution in [2.45, 2.75) is 12.8 Å². The lowest BCUT2D eigenvalue weighted by Gasteiger charge is -2.30. The molecule has 1 aliphatic rings. The van der Waals surface area contributed by atoms with Gasteiger partial charge in [-0.25, -0.2) is 9.07 Å². The third-order valence-corrected chi connectivity index (χ3v) is 4.01.